The number of carbonyl (C=O) groups excluding carboxylic acids is 2. The van der Waals surface area contributed by atoms with Crippen LogP contribution in [0.2, 0.25) is 0 Å². The zero-order valence-electron chi connectivity index (χ0n) is 29.1. The molecule has 3 heterocycles. The molecule has 11 heteroatoms. The Morgan fingerprint density at radius 3 is 2.43 bits per heavy atom. The maximum Gasteiger partial charge on any atom is 0.338 e. The number of benzene rings is 3. The van der Waals surface area contributed by atoms with Crippen LogP contribution in [0.1, 0.15) is 53.9 Å². The molecule has 0 spiro atoms. The number of fused-ring (bicyclic) bond motifs is 1. The quantitative estimate of drug-likeness (QED) is 0.124. The second-order valence-electron chi connectivity index (χ2n) is 12.5. The summed E-state index contributed by atoms with van der Waals surface area (Å²) in [5.74, 6) is -0.188. The van der Waals surface area contributed by atoms with Gasteiger partial charge in [-0.2, -0.15) is 5.10 Å². The highest BCUT2D eigenvalue weighted by Crippen LogP contribution is 2.32. The van der Waals surface area contributed by atoms with Crippen LogP contribution in [-0.2, 0) is 14.3 Å². The Balaban J connectivity index is 1.52. The molecule has 0 bridgehead atoms. The number of ether oxygens (including phenoxy) is 3. The van der Waals surface area contributed by atoms with Crippen molar-refractivity contribution in [2.75, 3.05) is 20.3 Å². The first kappa shape index (κ1) is 35.0. The van der Waals surface area contributed by atoms with Gasteiger partial charge in [0.25, 0.3) is 5.56 Å². The Morgan fingerprint density at radius 1 is 1.02 bits per heavy atom. The molecule has 3 aromatic carbocycles. The van der Waals surface area contributed by atoms with E-state index in [0.717, 1.165) is 28.1 Å². The fourth-order valence-electron chi connectivity index (χ4n) is 5.82. The van der Waals surface area contributed by atoms with E-state index >= 15 is 0 Å². The molecule has 0 aliphatic carbocycles. The van der Waals surface area contributed by atoms with Crippen LogP contribution in [0.15, 0.2) is 113 Å². The summed E-state index contributed by atoms with van der Waals surface area (Å²) in [4.78, 5) is 45.5. The van der Waals surface area contributed by atoms with Crippen molar-refractivity contribution in [2.24, 2.45) is 10.9 Å². The SMILES string of the molecule is C=CCOc1ccc(-c2nn(-c3ccccc3)cc2C=c2sc3n(c2=O)C(c2ccc(C(=O)OC)cc2)C(C(=O)OCC(C)C)=C(C)N=3)cc1C. The molecule has 0 saturated carbocycles. The molecule has 0 N–H and O–H groups in total. The number of esters is 2. The van der Waals surface area contributed by atoms with Gasteiger partial charge in [-0.25, -0.2) is 19.3 Å². The number of para-hydroxylation sites is 1. The molecule has 1 aliphatic heterocycles. The molecular formula is C40H38N4O6S. The predicted octanol–water partition coefficient (Wildman–Crippen LogP) is 5.95. The maximum absolute atomic E-state index is 14.5. The van der Waals surface area contributed by atoms with Gasteiger partial charge in [0.1, 0.15) is 18.1 Å². The van der Waals surface area contributed by atoms with Crippen molar-refractivity contribution in [1.82, 2.24) is 14.3 Å². The van der Waals surface area contributed by atoms with Crippen LogP contribution in [0.4, 0.5) is 0 Å². The summed E-state index contributed by atoms with van der Waals surface area (Å²) in [6, 6.07) is 21.4. The van der Waals surface area contributed by atoms with Gasteiger partial charge in [0.05, 0.1) is 46.8 Å². The molecule has 2 aromatic heterocycles. The number of aryl methyl sites for hydroxylation is 1. The minimum absolute atomic E-state index is 0.111. The van der Waals surface area contributed by atoms with E-state index in [0.29, 0.717) is 38.5 Å². The summed E-state index contributed by atoms with van der Waals surface area (Å²) < 4.78 is 20.1. The molecular weight excluding hydrogens is 665 g/mol. The van der Waals surface area contributed by atoms with Crippen molar-refractivity contribution >= 4 is 29.4 Å². The summed E-state index contributed by atoms with van der Waals surface area (Å²) in [6.07, 6.45) is 5.41. The highest BCUT2D eigenvalue weighted by molar-refractivity contribution is 7.07. The summed E-state index contributed by atoms with van der Waals surface area (Å²) in [6.45, 7) is 11.9. The van der Waals surface area contributed by atoms with E-state index in [1.54, 1.807) is 41.9 Å². The number of carbonyl (C=O) groups is 2. The first-order chi connectivity index (χ1) is 24.6. The number of hydrogen-bond acceptors (Lipinski definition) is 9. The van der Waals surface area contributed by atoms with Gasteiger partial charge < -0.3 is 14.2 Å². The third kappa shape index (κ3) is 7.25. The fraction of sp³-hybridized carbons (Fsp3) is 0.225. The first-order valence-electron chi connectivity index (χ1n) is 16.5. The molecule has 51 heavy (non-hydrogen) atoms. The van der Waals surface area contributed by atoms with Crippen LogP contribution in [0.5, 0.6) is 5.75 Å². The van der Waals surface area contributed by atoms with E-state index in [-0.39, 0.29) is 23.7 Å². The van der Waals surface area contributed by atoms with E-state index in [1.165, 1.54) is 23.0 Å². The fourth-order valence-corrected chi connectivity index (χ4v) is 6.85. The van der Waals surface area contributed by atoms with Gasteiger partial charge in [0, 0.05) is 17.3 Å². The molecule has 0 radical (unpaired) electrons. The van der Waals surface area contributed by atoms with Crippen LogP contribution in [-0.4, -0.2) is 46.6 Å². The van der Waals surface area contributed by atoms with Crippen molar-refractivity contribution in [1.29, 1.82) is 0 Å². The van der Waals surface area contributed by atoms with E-state index in [2.05, 4.69) is 6.58 Å². The van der Waals surface area contributed by atoms with Crippen LogP contribution >= 0.6 is 11.3 Å². The van der Waals surface area contributed by atoms with Crippen molar-refractivity contribution in [3.63, 3.8) is 0 Å². The number of rotatable bonds is 11. The van der Waals surface area contributed by atoms with Crippen molar-refractivity contribution in [3.05, 3.63) is 145 Å². The van der Waals surface area contributed by atoms with Gasteiger partial charge >= 0.3 is 11.9 Å². The number of allylic oxidation sites excluding steroid dienone is 1. The monoisotopic (exact) mass is 702 g/mol. The first-order valence-corrected chi connectivity index (χ1v) is 17.3. The lowest BCUT2D eigenvalue weighted by molar-refractivity contribution is -0.140. The second-order valence-corrected chi connectivity index (χ2v) is 13.5. The van der Waals surface area contributed by atoms with Gasteiger partial charge in [0.2, 0.25) is 0 Å². The Kier molecular flexibility index (Phi) is 10.3. The molecule has 1 unspecified atom stereocenters. The van der Waals surface area contributed by atoms with E-state index in [4.69, 9.17) is 24.3 Å². The van der Waals surface area contributed by atoms with Crippen molar-refractivity contribution in [3.8, 4) is 22.7 Å². The van der Waals surface area contributed by atoms with E-state index in [1.807, 2.05) is 81.6 Å². The molecule has 1 aliphatic rings. The maximum atomic E-state index is 14.5. The molecule has 5 aromatic rings. The smallest absolute Gasteiger partial charge is 0.338 e. The Morgan fingerprint density at radius 2 is 1.76 bits per heavy atom. The number of aromatic nitrogens is 3. The minimum atomic E-state index is -0.841. The third-order valence-corrected chi connectivity index (χ3v) is 9.27. The zero-order valence-corrected chi connectivity index (χ0v) is 29.9. The highest BCUT2D eigenvalue weighted by atomic mass is 32.1. The number of thiazole rings is 1. The molecule has 260 valence electrons. The number of methoxy groups -OCH3 is 1. The average Bonchev–Trinajstić information content (AvgIpc) is 3.69. The summed E-state index contributed by atoms with van der Waals surface area (Å²) >= 11 is 1.23. The molecule has 0 fully saturated rings. The lowest BCUT2D eigenvalue weighted by atomic mass is 9.95. The zero-order chi connectivity index (χ0) is 36.2. The van der Waals surface area contributed by atoms with E-state index < -0.39 is 18.0 Å². The molecule has 0 amide bonds. The largest absolute Gasteiger partial charge is 0.489 e. The minimum Gasteiger partial charge on any atom is -0.489 e. The standard InChI is InChI=1S/C40H38N4O6S/c1-7-19-49-32-18-17-29(20-25(32)4)35-30(22-43(42-35)31-11-9-8-10-12-31)21-33-37(45)44-36(27-13-15-28(16-14-27)38(46)48-6)34(26(5)41-40(44)51-33)39(47)50-23-24(2)3/h7-18,20-22,24,36H,1,19,23H2,2-6H3. The van der Waals surface area contributed by atoms with Crippen molar-refractivity contribution < 1.29 is 23.8 Å². The highest BCUT2D eigenvalue weighted by Gasteiger charge is 2.34. The van der Waals surface area contributed by atoms with Crippen LogP contribution in [0, 0.1) is 12.8 Å². The number of hydrogen-bond donors (Lipinski definition) is 0. The van der Waals surface area contributed by atoms with Crippen LogP contribution < -0.4 is 19.6 Å². The van der Waals surface area contributed by atoms with Gasteiger partial charge in [0.15, 0.2) is 4.80 Å². The molecule has 6 rings (SSSR count). The van der Waals surface area contributed by atoms with Crippen LogP contribution in [0.25, 0.3) is 23.0 Å². The number of nitrogens with zero attached hydrogens (tertiary/aromatic N) is 4. The second kappa shape index (κ2) is 15.0. The average molecular weight is 703 g/mol. The summed E-state index contributed by atoms with van der Waals surface area (Å²) in [5, 5.41) is 4.96. The Bertz CT molecular complexity index is 2330. The van der Waals surface area contributed by atoms with Crippen LogP contribution in [0.3, 0.4) is 0 Å². The van der Waals surface area contributed by atoms with E-state index in [9.17, 15) is 14.4 Å². The Labute approximate surface area is 299 Å². The topological polar surface area (TPSA) is 114 Å². The normalized spacial score (nSPS) is 14.2. The van der Waals surface area contributed by atoms with Gasteiger partial charge in [-0.3, -0.25) is 9.36 Å². The lowest BCUT2D eigenvalue weighted by Gasteiger charge is -2.25. The molecule has 10 nitrogen and oxygen atoms in total. The predicted molar refractivity (Wildman–Crippen MR) is 197 cm³/mol. The summed E-state index contributed by atoms with van der Waals surface area (Å²) in [5.41, 5.74) is 5.37. The Hall–Kier alpha value is -5.81. The van der Waals surface area contributed by atoms with Gasteiger partial charge in [-0.05, 0) is 79.4 Å². The summed E-state index contributed by atoms with van der Waals surface area (Å²) in [7, 11) is 1.31. The molecule has 1 atom stereocenters. The van der Waals surface area contributed by atoms with Gasteiger partial charge in [-0.1, -0.05) is 68.2 Å². The molecule has 0 saturated heterocycles. The third-order valence-electron chi connectivity index (χ3n) is 8.29. The van der Waals surface area contributed by atoms with Gasteiger partial charge in [-0.15, -0.1) is 0 Å². The lowest BCUT2D eigenvalue weighted by Crippen LogP contribution is -2.40. The van der Waals surface area contributed by atoms with Crippen molar-refractivity contribution in [2.45, 2.75) is 33.7 Å².